The van der Waals surface area contributed by atoms with Crippen LogP contribution in [0, 0.1) is 5.41 Å². The lowest BCUT2D eigenvalue weighted by atomic mass is 9.72. The summed E-state index contributed by atoms with van der Waals surface area (Å²) in [5.74, 6) is 0.632. The lowest BCUT2D eigenvalue weighted by molar-refractivity contribution is 0.196. The van der Waals surface area contributed by atoms with Gasteiger partial charge in [-0.05, 0) is 37.7 Å². The Hall–Kier alpha value is -1.92. The Kier molecular flexibility index (Phi) is 4.72. The average Bonchev–Trinajstić information content (AvgIpc) is 3.23. The minimum Gasteiger partial charge on any atom is -0.379 e. The summed E-state index contributed by atoms with van der Waals surface area (Å²) in [4.78, 5) is 6.79. The van der Waals surface area contributed by atoms with Crippen LogP contribution in [0.5, 0.6) is 0 Å². The van der Waals surface area contributed by atoms with Crippen LogP contribution in [-0.4, -0.2) is 42.4 Å². The van der Waals surface area contributed by atoms with Crippen LogP contribution in [0.1, 0.15) is 63.3 Å². The van der Waals surface area contributed by atoms with E-state index in [4.69, 9.17) is 0 Å². The fourth-order valence-corrected chi connectivity index (χ4v) is 4.63. The molecule has 2 aliphatic rings. The second-order valence-corrected chi connectivity index (χ2v) is 8.79. The molecule has 1 aliphatic carbocycles. The van der Waals surface area contributed by atoms with Crippen LogP contribution in [-0.2, 0) is 20.1 Å². The van der Waals surface area contributed by atoms with Gasteiger partial charge in [-0.3, -0.25) is 9.58 Å². The van der Waals surface area contributed by atoms with E-state index < -0.39 is 6.10 Å². The highest BCUT2D eigenvalue weighted by atomic mass is 16.3. The molecule has 0 spiro atoms. The van der Waals surface area contributed by atoms with Crippen LogP contribution in [0.4, 0.5) is 0 Å². The Labute approximate surface area is 161 Å². The van der Waals surface area contributed by atoms with Crippen molar-refractivity contribution in [1.29, 1.82) is 0 Å². The highest BCUT2D eigenvalue weighted by molar-refractivity contribution is 5.25. The van der Waals surface area contributed by atoms with E-state index in [0.29, 0.717) is 16.9 Å². The van der Waals surface area contributed by atoms with E-state index in [2.05, 4.69) is 35.8 Å². The van der Waals surface area contributed by atoms with Crippen LogP contribution in [0.2, 0.25) is 0 Å². The van der Waals surface area contributed by atoms with E-state index in [1.54, 1.807) is 17.3 Å². The van der Waals surface area contributed by atoms with E-state index in [9.17, 15) is 5.11 Å². The summed E-state index contributed by atoms with van der Waals surface area (Å²) in [5.41, 5.74) is 5.37. The average molecular weight is 370 g/mol. The van der Waals surface area contributed by atoms with E-state index >= 15 is 0 Å². The van der Waals surface area contributed by atoms with Gasteiger partial charge in [0.05, 0.1) is 17.9 Å². The number of hydrogen-bond donors (Lipinski definition) is 1. The summed E-state index contributed by atoms with van der Waals surface area (Å²) in [6.07, 6.45) is 6.61. The molecule has 146 valence electrons. The Morgan fingerprint density at radius 3 is 2.81 bits per heavy atom. The van der Waals surface area contributed by atoms with Crippen molar-refractivity contribution < 1.29 is 5.11 Å². The summed E-state index contributed by atoms with van der Waals surface area (Å²) >= 11 is 0. The van der Waals surface area contributed by atoms with Gasteiger partial charge >= 0.3 is 0 Å². The van der Waals surface area contributed by atoms with E-state index in [1.165, 1.54) is 25.0 Å². The van der Waals surface area contributed by atoms with E-state index in [-0.39, 0.29) is 0 Å². The van der Waals surface area contributed by atoms with E-state index in [1.807, 2.05) is 28.6 Å². The van der Waals surface area contributed by atoms with Crippen molar-refractivity contribution in [2.24, 2.45) is 12.5 Å². The molecule has 0 saturated heterocycles. The van der Waals surface area contributed by atoms with Crippen molar-refractivity contribution in [2.75, 3.05) is 13.1 Å². The minimum absolute atomic E-state index is 0.305. The smallest absolute Gasteiger partial charge is 0.155 e. The predicted octanol–water partition coefficient (Wildman–Crippen LogP) is 3.04. The summed E-state index contributed by atoms with van der Waals surface area (Å²) in [6, 6.07) is 2.04. The lowest BCUT2D eigenvalue weighted by Gasteiger charge is -2.38. The summed E-state index contributed by atoms with van der Waals surface area (Å²) in [6.45, 7) is 10.9. The molecule has 27 heavy (non-hydrogen) atoms. The Morgan fingerprint density at radius 2 is 2.11 bits per heavy atom. The third kappa shape index (κ3) is 3.48. The molecule has 6 heteroatoms. The maximum atomic E-state index is 10.7. The molecule has 4 rings (SSSR count). The molecule has 0 radical (unpaired) electrons. The molecular weight excluding hydrogens is 338 g/mol. The van der Waals surface area contributed by atoms with Crippen LogP contribution >= 0.6 is 0 Å². The largest absolute Gasteiger partial charge is 0.379 e. The third-order valence-corrected chi connectivity index (χ3v) is 6.35. The molecule has 0 saturated carbocycles. The molecule has 0 amide bonds. The molecular formula is C21H31N5O. The van der Waals surface area contributed by atoms with Gasteiger partial charge in [-0.15, -0.1) is 0 Å². The fourth-order valence-electron chi connectivity index (χ4n) is 4.63. The molecule has 1 aliphatic heterocycles. The lowest BCUT2D eigenvalue weighted by Crippen LogP contribution is -2.38. The van der Waals surface area contributed by atoms with Gasteiger partial charge in [-0.2, -0.15) is 5.10 Å². The number of aromatic nitrogens is 4. The van der Waals surface area contributed by atoms with Crippen molar-refractivity contribution >= 4 is 0 Å². The maximum absolute atomic E-state index is 10.7. The van der Waals surface area contributed by atoms with Crippen LogP contribution in [0.3, 0.4) is 0 Å². The molecule has 1 atom stereocenters. The number of aryl methyl sites for hydroxylation is 1. The summed E-state index contributed by atoms with van der Waals surface area (Å²) in [7, 11) is 1.89. The second kappa shape index (κ2) is 6.91. The molecule has 0 bridgehead atoms. The molecule has 6 nitrogen and oxygen atoms in total. The number of nitrogens with zero attached hydrogens (tertiary/aromatic N) is 5. The molecule has 1 N–H and O–H groups in total. The fraction of sp³-hybridized carbons (Fsp3) is 0.619. The van der Waals surface area contributed by atoms with Gasteiger partial charge in [0, 0.05) is 39.1 Å². The van der Waals surface area contributed by atoms with Crippen LogP contribution in [0.25, 0.3) is 0 Å². The third-order valence-electron chi connectivity index (χ3n) is 6.35. The quantitative estimate of drug-likeness (QED) is 0.842. The summed E-state index contributed by atoms with van der Waals surface area (Å²) < 4.78 is 3.89. The topological polar surface area (TPSA) is 59.1 Å². The van der Waals surface area contributed by atoms with Gasteiger partial charge in [-0.1, -0.05) is 25.0 Å². The first-order valence-electron chi connectivity index (χ1n) is 9.98. The second-order valence-electron chi connectivity index (χ2n) is 8.79. The zero-order valence-corrected chi connectivity index (χ0v) is 16.9. The Balaban J connectivity index is 1.51. The molecule has 0 aromatic carbocycles. The first-order valence-corrected chi connectivity index (χ1v) is 9.98. The van der Waals surface area contributed by atoms with Crippen molar-refractivity contribution in [1.82, 2.24) is 24.2 Å². The highest BCUT2D eigenvalue weighted by Crippen LogP contribution is 2.40. The minimum atomic E-state index is -0.779. The number of fused-ring (bicyclic) bond motifs is 1. The molecule has 2 aromatic heterocycles. The highest BCUT2D eigenvalue weighted by Gasteiger charge is 2.31. The van der Waals surface area contributed by atoms with Gasteiger partial charge in [0.15, 0.2) is 6.10 Å². The zero-order valence-electron chi connectivity index (χ0n) is 16.9. The predicted molar refractivity (Wildman–Crippen MR) is 105 cm³/mol. The number of imidazole rings is 1. The molecule has 0 fully saturated rings. The first-order chi connectivity index (χ1) is 12.8. The number of allylic oxidation sites excluding steroid dienone is 1. The normalized spacial score (nSPS) is 21.4. The molecule has 3 heterocycles. The van der Waals surface area contributed by atoms with Crippen molar-refractivity contribution in [3.63, 3.8) is 0 Å². The van der Waals surface area contributed by atoms with Gasteiger partial charge in [0.25, 0.3) is 0 Å². The van der Waals surface area contributed by atoms with Crippen molar-refractivity contribution in [3.8, 4) is 0 Å². The number of hydrogen-bond acceptors (Lipinski definition) is 4. The van der Waals surface area contributed by atoms with Gasteiger partial charge < -0.3 is 9.67 Å². The van der Waals surface area contributed by atoms with Crippen LogP contribution in [0.15, 0.2) is 29.6 Å². The van der Waals surface area contributed by atoms with Gasteiger partial charge in [0.1, 0.15) is 5.82 Å². The summed E-state index contributed by atoms with van der Waals surface area (Å²) in [5, 5.41) is 15.3. The Bertz CT molecular complexity index is 860. The molecule has 1 unspecified atom stereocenters. The maximum Gasteiger partial charge on any atom is 0.155 e. The number of aliphatic hydroxyl groups excluding tert-OH is 1. The standard InChI is InChI=1S/C21H31N5O/c1-15-6-5-7-21(2,3)17(15)14-25-10-11-26-16(13-25)12-18(23-26)19(27)20-22-8-9-24(20)4/h8-9,12,19,27H,5-7,10-11,13-14H2,1-4H3. The van der Waals surface area contributed by atoms with Gasteiger partial charge in [-0.25, -0.2) is 4.98 Å². The first kappa shape index (κ1) is 18.4. The molecule has 2 aromatic rings. The monoisotopic (exact) mass is 369 g/mol. The number of aliphatic hydroxyl groups is 1. The Morgan fingerprint density at radius 1 is 1.30 bits per heavy atom. The van der Waals surface area contributed by atoms with Crippen molar-refractivity contribution in [3.05, 3.63) is 46.8 Å². The number of rotatable bonds is 4. The van der Waals surface area contributed by atoms with Crippen LogP contribution < -0.4 is 0 Å². The SMILES string of the molecule is CC1=C(CN2CCn3nc(C(O)c4nccn4C)cc3C2)C(C)(C)CCC1. The van der Waals surface area contributed by atoms with Gasteiger partial charge in [0.2, 0.25) is 0 Å². The zero-order chi connectivity index (χ0) is 19.2. The van der Waals surface area contributed by atoms with E-state index in [0.717, 1.165) is 26.2 Å². The van der Waals surface area contributed by atoms with Crippen molar-refractivity contribution in [2.45, 2.75) is 59.2 Å².